The lowest BCUT2D eigenvalue weighted by Gasteiger charge is -2.30. The average molecular weight is 395 g/mol. The molecule has 1 aliphatic heterocycles. The third kappa shape index (κ3) is 3.26. The third-order valence-corrected chi connectivity index (χ3v) is 5.38. The summed E-state index contributed by atoms with van der Waals surface area (Å²) in [6.45, 7) is 8.23. The lowest BCUT2D eigenvalue weighted by Crippen LogP contribution is -2.32. The Bertz CT molecular complexity index is 485. The monoisotopic (exact) mass is 394 g/mol. The molecule has 0 aliphatic carbocycles. The van der Waals surface area contributed by atoms with Crippen LogP contribution in [0.5, 0.6) is 0 Å². The van der Waals surface area contributed by atoms with Crippen molar-refractivity contribution in [1.29, 1.82) is 0 Å². The van der Waals surface area contributed by atoms with Gasteiger partial charge in [0.1, 0.15) is 0 Å². The van der Waals surface area contributed by atoms with Gasteiger partial charge in [-0.1, -0.05) is 17.7 Å². The molecule has 4 heteroatoms. The number of halogens is 2. The van der Waals surface area contributed by atoms with Crippen molar-refractivity contribution >= 4 is 34.2 Å². The van der Waals surface area contributed by atoms with Gasteiger partial charge >= 0.3 is 0 Å². The van der Waals surface area contributed by atoms with Gasteiger partial charge in [0.05, 0.1) is 22.3 Å². The van der Waals surface area contributed by atoms with Gasteiger partial charge in [-0.05, 0) is 74.4 Å². The maximum absolute atomic E-state index is 10.7. The Balaban J connectivity index is 2.28. The van der Waals surface area contributed by atoms with Crippen molar-refractivity contribution in [2.75, 3.05) is 0 Å². The first-order chi connectivity index (χ1) is 8.62. The molecular weight excluding hydrogens is 375 g/mol. The van der Waals surface area contributed by atoms with Crippen LogP contribution < -0.4 is 0 Å². The Labute approximate surface area is 133 Å². The lowest BCUT2D eigenvalue weighted by atomic mass is 9.80. The fraction of sp³-hybridized carbons (Fsp3) is 0.600. The summed E-state index contributed by atoms with van der Waals surface area (Å²) in [6.07, 6.45) is 0.288. The van der Waals surface area contributed by atoms with E-state index < -0.39 is 6.10 Å². The minimum absolute atomic E-state index is 0.0682. The van der Waals surface area contributed by atoms with E-state index in [4.69, 9.17) is 16.3 Å². The molecule has 0 spiro atoms. The van der Waals surface area contributed by atoms with Crippen molar-refractivity contribution in [3.05, 3.63) is 32.4 Å². The second-order valence-corrected chi connectivity index (χ2v) is 7.96. The van der Waals surface area contributed by atoms with Crippen LogP contribution in [0.2, 0.25) is 5.02 Å². The van der Waals surface area contributed by atoms with Gasteiger partial charge in [0, 0.05) is 9.49 Å². The number of hydrogen-bond acceptors (Lipinski definition) is 2. The largest absolute Gasteiger partial charge is 0.388 e. The Morgan fingerprint density at radius 2 is 2.00 bits per heavy atom. The molecule has 0 bridgehead atoms. The summed E-state index contributed by atoms with van der Waals surface area (Å²) in [5.41, 5.74) is 0.338. The maximum atomic E-state index is 10.7. The zero-order chi connectivity index (χ0) is 14.4. The first-order valence-corrected chi connectivity index (χ1v) is 7.91. The van der Waals surface area contributed by atoms with Crippen LogP contribution in [0.25, 0.3) is 0 Å². The van der Waals surface area contributed by atoms with Gasteiger partial charge in [-0.3, -0.25) is 0 Å². The molecule has 2 atom stereocenters. The molecule has 0 aromatic heterocycles. The van der Waals surface area contributed by atoms with Crippen LogP contribution in [0.15, 0.2) is 18.2 Å². The summed E-state index contributed by atoms with van der Waals surface area (Å²) in [7, 11) is 0. The molecule has 19 heavy (non-hydrogen) atoms. The molecule has 106 valence electrons. The van der Waals surface area contributed by atoms with E-state index in [2.05, 4.69) is 36.4 Å². The summed E-state index contributed by atoms with van der Waals surface area (Å²) in [4.78, 5) is 0. The number of rotatable bonds is 2. The number of aliphatic hydroxyl groups excluding tert-OH is 1. The first-order valence-electron chi connectivity index (χ1n) is 6.45. The molecular formula is C15H20ClIO2. The van der Waals surface area contributed by atoms with Crippen LogP contribution in [0.3, 0.4) is 0 Å². The summed E-state index contributed by atoms with van der Waals surface area (Å²) in [6, 6.07) is 5.74. The number of benzene rings is 1. The van der Waals surface area contributed by atoms with Gasteiger partial charge in [-0.25, -0.2) is 0 Å². The second kappa shape index (κ2) is 5.17. The highest BCUT2D eigenvalue weighted by Crippen LogP contribution is 2.47. The molecule has 1 aromatic carbocycles. The van der Waals surface area contributed by atoms with Gasteiger partial charge in [0.2, 0.25) is 0 Å². The predicted octanol–water partition coefficient (Wildman–Crippen LogP) is 4.57. The van der Waals surface area contributed by atoms with Crippen LogP contribution in [0.1, 0.15) is 45.8 Å². The van der Waals surface area contributed by atoms with Crippen molar-refractivity contribution in [1.82, 2.24) is 0 Å². The Morgan fingerprint density at radius 1 is 1.37 bits per heavy atom. The molecule has 1 N–H and O–H groups in total. The van der Waals surface area contributed by atoms with Crippen LogP contribution in [-0.4, -0.2) is 16.3 Å². The second-order valence-electron chi connectivity index (χ2n) is 6.39. The molecule has 2 unspecified atom stereocenters. The fourth-order valence-corrected chi connectivity index (χ4v) is 3.55. The highest BCUT2D eigenvalue weighted by atomic mass is 127. The van der Waals surface area contributed by atoms with E-state index in [0.29, 0.717) is 5.02 Å². The molecule has 2 nitrogen and oxygen atoms in total. The van der Waals surface area contributed by atoms with Crippen LogP contribution in [-0.2, 0) is 4.74 Å². The lowest BCUT2D eigenvalue weighted by molar-refractivity contribution is -0.0880. The Kier molecular flexibility index (Phi) is 4.23. The van der Waals surface area contributed by atoms with E-state index in [0.717, 1.165) is 15.6 Å². The van der Waals surface area contributed by atoms with E-state index in [-0.39, 0.29) is 17.1 Å². The molecule has 0 radical (unpaired) electrons. The highest BCUT2D eigenvalue weighted by Gasteiger charge is 2.49. The topological polar surface area (TPSA) is 29.5 Å². The number of ether oxygens (including phenoxy) is 1. The standard InChI is InChI=1S/C15H20ClIO2/c1-14(2)8-10(15(3,4)19-14)13(18)9-5-6-12(17)11(16)7-9/h5-7,10,13,18H,8H2,1-4H3. The molecule has 1 aliphatic rings. The smallest absolute Gasteiger partial charge is 0.0847 e. The van der Waals surface area contributed by atoms with Crippen molar-refractivity contribution in [3.63, 3.8) is 0 Å². The van der Waals surface area contributed by atoms with Crippen molar-refractivity contribution in [2.45, 2.75) is 51.4 Å². The zero-order valence-electron chi connectivity index (χ0n) is 11.7. The van der Waals surface area contributed by atoms with Crippen LogP contribution in [0, 0.1) is 9.49 Å². The Morgan fingerprint density at radius 3 is 2.47 bits per heavy atom. The van der Waals surface area contributed by atoms with Crippen LogP contribution >= 0.6 is 34.2 Å². The van der Waals surface area contributed by atoms with E-state index in [1.165, 1.54) is 0 Å². The number of hydrogen-bond donors (Lipinski definition) is 1. The molecule has 1 fully saturated rings. The van der Waals surface area contributed by atoms with Gasteiger partial charge in [0.15, 0.2) is 0 Å². The minimum Gasteiger partial charge on any atom is -0.388 e. The van der Waals surface area contributed by atoms with Gasteiger partial charge in [-0.15, -0.1) is 0 Å². The number of aliphatic hydroxyl groups is 1. The van der Waals surface area contributed by atoms with Gasteiger partial charge < -0.3 is 9.84 Å². The molecule has 0 saturated carbocycles. The quantitative estimate of drug-likeness (QED) is 0.745. The summed E-state index contributed by atoms with van der Waals surface area (Å²) in [5.74, 6) is 0.0682. The normalized spacial score (nSPS) is 26.4. The Hall–Kier alpha value is 0.160. The SMILES string of the molecule is CC1(C)CC(C(O)c2ccc(I)c(Cl)c2)C(C)(C)O1. The zero-order valence-corrected chi connectivity index (χ0v) is 14.6. The molecule has 1 saturated heterocycles. The predicted molar refractivity (Wildman–Crippen MR) is 86.5 cm³/mol. The summed E-state index contributed by atoms with van der Waals surface area (Å²) in [5, 5.41) is 11.4. The molecule has 0 amide bonds. The van der Waals surface area contributed by atoms with E-state index in [1.807, 2.05) is 32.0 Å². The van der Waals surface area contributed by atoms with Gasteiger partial charge in [-0.2, -0.15) is 0 Å². The molecule has 2 rings (SSSR count). The third-order valence-electron chi connectivity index (χ3n) is 3.81. The van der Waals surface area contributed by atoms with Crippen molar-refractivity contribution in [3.8, 4) is 0 Å². The fourth-order valence-electron chi connectivity index (χ4n) is 3.03. The van der Waals surface area contributed by atoms with E-state index >= 15 is 0 Å². The van der Waals surface area contributed by atoms with E-state index in [1.54, 1.807) is 0 Å². The molecule has 1 heterocycles. The van der Waals surface area contributed by atoms with Crippen LogP contribution in [0.4, 0.5) is 0 Å². The van der Waals surface area contributed by atoms with Crippen molar-refractivity contribution < 1.29 is 9.84 Å². The molecule has 1 aromatic rings. The van der Waals surface area contributed by atoms with Crippen molar-refractivity contribution in [2.24, 2.45) is 5.92 Å². The average Bonchev–Trinajstić information content (AvgIpc) is 2.49. The first kappa shape index (κ1) is 15.5. The minimum atomic E-state index is -0.550. The summed E-state index contributed by atoms with van der Waals surface area (Å²) < 4.78 is 7.05. The maximum Gasteiger partial charge on any atom is 0.0847 e. The summed E-state index contributed by atoms with van der Waals surface area (Å²) >= 11 is 8.33. The highest BCUT2D eigenvalue weighted by molar-refractivity contribution is 14.1. The van der Waals surface area contributed by atoms with Gasteiger partial charge in [0.25, 0.3) is 0 Å². The van der Waals surface area contributed by atoms with E-state index in [9.17, 15) is 5.11 Å².